The van der Waals surface area contributed by atoms with E-state index in [0.29, 0.717) is 26.3 Å². The van der Waals surface area contributed by atoms with Crippen LogP contribution in [0.1, 0.15) is 40.2 Å². The molecule has 2 heterocycles. The number of carboxylic acids is 1. The molecule has 1 aliphatic rings. The van der Waals surface area contributed by atoms with Crippen LogP contribution >= 0.6 is 0 Å². The molecular weight excluding hydrogens is 290 g/mol. The Bertz CT molecular complexity index is 504. The molecule has 0 aliphatic carbocycles. The number of furan rings is 1. The molecule has 1 aromatic rings. The molecule has 122 valence electrons. The summed E-state index contributed by atoms with van der Waals surface area (Å²) >= 11 is 0. The van der Waals surface area contributed by atoms with Crippen molar-refractivity contribution < 1.29 is 28.6 Å². The SMILES string of the molecule is COCCCOC1CCN(C(=O)c2cc(C(=O)O)co2)CC1. The van der Waals surface area contributed by atoms with Crippen molar-refractivity contribution in [2.24, 2.45) is 0 Å². The molecule has 1 fully saturated rings. The van der Waals surface area contributed by atoms with Gasteiger partial charge in [-0.15, -0.1) is 0 Å². The molecule has 1 N–H and O–H groups in total. The van der Waals surface area contributed by atoms with Crippen molar-refractivity contribution >= 4 is 11.9 Å². The average molecular weight is 311 g/mol. The Morgan fingerprint density at radius 2 is 2.09 bits per heavy atom. The first kappa shape index (κ1) is 16.5. The van der Waals surface area contributed by atoms with Crippen molar-refractivity contribution in [3.8, 4) is 0 Å². The highest BCUT2D eigenvalue weighted by Crippen LogP contribution is 2.18. The molecular formula is C15H21NO6. The zero-order valence-electron chi connectivity index (χ0n) is 12.6. The summed E-state index contributed by atoms with van der Waals surface area (Å²) in [4.78, 5) is 24.7. The van der Waals surface area contributed by atoms with Gasteiger partial charge in [0.05, 0.1) is 11.7 Å². The number of amides is 1. The third-order valence-electron chi connectivity index (χ3n) is 3.63. The number of rotatable bonds is 7. The molecule has 2 rings (SSSR count). The number of carboxylic acid groups (broad SMARTS) is 1. The Hall–Kier alpha value is -1.86. The molecule has 7 nitrogen and oxygen atoms in total. The number of nitrogens with zero attached hydrogens (tertiary/aromatic N) is 1. The van der Waals surface area contributed by atoms with Crippen molar-refractivity contribution in [3.63, 3.8) is 0 Å². The summed E-state index contributed by atoms with van der Waals surface area (Å²) in [5.74, 6) is -1.31. The van der Waals surface area contributed by atoms with E-state index in [0.717, 1.165) is 25.5 Å². The largest absolute Gasteiger partial charge is 0.478 e. The summed E-state index contributed by atoms with van der Waals surface area (Å²) in [6.45, 7) is 2.50. The minimum Gasteiger partial charge on any atom is -0.478 e. The summed E-state index contributed by atoms with van der Waals surface area (Å²) < 4.78 is 15.7. The van der Waals surface area contributed by atoms with Crippen molar-refractivity contribution in [2.45, 2.75) is 25.4 Å². The molecule has 0 bridgehead atoms. The van der Waals surface area contributed by atoms with Gasteiger partial charge in [0.25, 0.3) is 5.91 Å². The average Bonchev–Trinajstić information content (AvgIpc) is 3.02. The molecule has 0 spiro atoms. The Balaban J connectivity index is 1.78. The number of carbonyl (C=O) groups excluding carboxylic acids is 1. The fraction of sp³-hybridized carbons (Fsp3) is 0.600. The Labute approximate surface area is 128 Å². The van der Waals surface area contributed by atoms with Crippen molar-refractivity contribution in [1.82, 2.24) is 4.90 Å². The van der Waals surface area contributed by atoms with Gasteiger partial charge < -0.3 is 23.9 Å². The number of hydrogen-bond donors (Lipinski definition) is 1. The van der Waals surface area contributed by atoms with Crippen LogP contribution in [0.2, 0.25) is 0 Å². The fourth-order valence-electron chi connectivity index (χ4n) is 2.40. The van der Waals surface area contributed by atoms with Crippen LogP contribution in [0.15, 0.2) is 16.7 Å². The van der Waals surface area contributed by atoms with Gasteiger partial charge in [0.15, 0.2) is 5.76 Å². The van der Waals surface area contributed by atoms with Crippen molar-refractivity contribution in [2.75, 3.05) is 33.4 Å². The fourth-order valence-corrected chi connectivity index (χ4v) is 2.40. The number of piperidine rings is 1. The van der Waals surface area contributed by atoms with E-state index in [4.69, 9.17) is 19.0 Å². The third-order valence-corrected chi connectivity index (χ3v) is 3.63. The maximum atomic E-state index is 12.2. The predicted octanol–water partition coefficient (Wildman–Crippen LogP) is 1.64. The lowest BCUT2D eigenvalue weighted by Crippen LogP contribution is -2.40. The van der Waals surface area contributed by atoms with Gasteiger partial charge in [0.2, 0.25) is 0 Å². The molecule has 1 aromatic heterocycles. The van der Waals surface area contributed by atoms with Crippen LogP contribution < -0.4 is 0 Å². The monoisotopic (exact) mass is 311 g/mol. The molecule has 7 heteroatoms. The first-order valence-electron chi connectivity index (χ1n) is 7.33. The zero-order valence-corrected chi connectivity index (χ0v) is 12.6. The summed E-state index contributed by atoms with van der Waals surface area (Å²) in [6, 6.07) is 1.26. The van der Waals surface area contributed by atoms with Crippen molar-refractivity contribution in [1.29, 1.82) is 0 Å². The molecule has 22 heavy (non-hydrogen) atoms. The molecule has 0 unspecified atom stereocenters. The molecule has 0 aromatic carbocycles. The smallest absolute Gasteiger partial charge is 0.338 e. The molecule has 1 amide bonds. The lowest BCUT2D eigenvalue weighted by atomic mass is 10.1. The number of likely N-dealkylation sites (tertiary alicyclic amines) is 1. The second-order valence-corrected chi connectivity index (χ2v) is 5.21. The molecule has 0 saturated carbocycles. The highest BCUT2D eigenvalue weighted by Gasteiger charge is 2.26. The summed E-state index contributed by atoms with van der Waals surface area (Å²) in [7, 11) is 1.66. The van der Waals surface area contributed by atoms with Crippen LogP contribution in [0.25, 0.3) is 0 Å². The minimum atomic E-state index is -1.11. The maximum absolute atomic E-state index is 12.2. The number of carbonyl (C=O) groups is 2. The van der Waals surface area contributed by atoms with Gasteiger partial charge in [0, 0.05) is 39.5 Å². The summed E-state index contributed by atoms with van der Waals surface area (Å²) in [5, 5.41) is 8.84. The third kappa shape index (κ3) is 4.32. The van der Waals surface area contributed by atoms with E-state index in [1.54, 1.807) is 12.0 Å². The normalized spacial score (nSPS) is 16.0. The van der Waals surface area contributed by atoms with E-state index < -0.39 is 5.97 Å². The van der Waals surface area contributed by atoms with Crippen LogP contribution in [0.4, 0.5) is 0 Å². The van der Waals surface area contributed by atoms with E-state index in [-0.39, 0.29) is 23.3 Å². The number of ether oxygens (including phenoxy) is 2. The van der Waals surface area contributed by atoms with Gasteiger partial charge in [-0.1, -0.05) is 0 Å². The molecule has 1 aliphatic heterocycles. The molecule has 1 saturated heterocycles. The number of aromatic carboxylic acids is 1. The standard InChI is InChI=1S/C15H21NO6/c1-20-7-2-8-21-12-3-5-16(6-4-12)14(17)13-9-11(10-22-13)15(18)19/h9-10,12H,2-8H2,1H3,(H,18,19). The quantitative estimate of drug-likeness (QED) is 0.770. The highest BCUT2D eigenvalue weighted by molar-refractivity contribution is 5.95. The van der Waals surface area contributed by atoms with Gasteiger partial charge in [-0.05, 0) is 19.3 Å². The minimum absolute atomic E-state index is 0.0142. The van der Waals surface area contributed by atoms with Gasteiger partial charge in [-0.2, -0.15) is 0 Å². The topological polar surface area (TPSA) is 89.2 Å². The molecule has 0 atom stereocenters. The van der Waals surface area contributed by atoms with Gasteiger partial charge in [0.1, 0.15) is 6.26 Å². The van der Waals surface area contributed by atoms with E-state index in [1.807, 2.05) is 0 Å². The van der Waals surface area contributed by atoms with Gasteiger partial charge >= 0.3 is 5.97 Å². The highest BCUT2D eigenvalue weighted by atomic mass is 16.5. The number of methoxy groups -OCH3 is 1. The summed E-state index contributed by atoms with van der Waals surface area (Å²) in [5.41, 5.74) is -0.0142. The van der Waals surface area contributed by atoms with Crippen LogP contribution in [-0.4, -0.2) is 61.4 Å². The first-order chi connectivity index (χ1) is 10.6. The van der Waals surface area contributed by atoms with Crippen molar-refractivity contribution in [3.05, 3.63) is 23.7 Å². The van der Waals surface area contributed by atoms with E-state index in [2.05, 4.69) is 0 Å². The Morgan fingerprint density at radius 1 is 1.36 bits per heavy atom. The predicted molar refractivity (Wildman–Crippen MR) is 77.0 cm³/mol. The lowest BCUT2D eigenvalue weighted by Gasteiger charge is -2.31. The van der Waals surface area contributed by atoms with Gasteiger partial charge in [-0.3, -0.25) is 4.79 Å². The van der Waals surface area contributed by atoms with Gasteiger partial charge in [-0.25, -0.2) is 4.79 Å². The number of hydrogen-bond acceptors (Lipinski definition) is 5. The lowest BCUT2D eigenvalue weighted by molar-refractivity contribution is 0.00123. The molecule has 0 radical (unpaired) electrons. The van der Waals surface area contributed by atoms with Crippen LogP contribution in [-0.2, 0) is 9.47 Å². The van der Waals surface area contributed by atoms with Crippen LogP contribution in [0.3, 0.4) is 0 Å². The second kappa shape index (κ2) is 7.95. The maximum Gasteiger partial charge on any atom is 0.338 e. The van der Waals surface area contributed by atoms with E-state index >= 15 is 0 Å². The zero-order chi connectivity index (χ0) is 15.9. The second-order valence-electron chi connectivity index (χ2n) is 5.21. The Kier molecular flexibility index (Phi) is 5.97. The van der Waals surface area contributed by atoms with Crippen LogP contribution in [0, 0.1) is 0 Å². The van der Waals surface area contributed by atoms with E-state index in [1.165, 1.54) is 6.07 Å². The summed E-state index contributed by atoms with van der Waals surface area (Å²) in [6.07, 6.45) is 3.64. The van der Waals surface area contributed by atoms with E-state index in [9.17, 15) is 9.59 Å². The first-order valence-corrected chi connectivity index (χ1v) is 7.33. The van der Waals surface area contributed by atoms with Crippen LogP contribution in [0.5, 0.6) is 0 Å². The Morgan fingerprint density at radius 3 is 2.68 bits per heavy atom.